The SMILES string of the molecule is NC(Cn1cncn1)c1ccccc1O. The molecule has 0 aliphatic heterocycles. The molecule has 3 N–H and O–H groups in total. The van der Waals surface area contributed by atoms with Crippen molar-refractivity contribution in [3.8, 4) is 5.75 Å². The van der Waals surface area contributed by atoms with Crippen LogP contribution in [-0.4, -0.2) is 19.9 Å². The average molecular weight is 204 g/mol. The highest BCUT2D eigenvalue weighted by Gasteiger charge is 2.10. The number of aromatic hydroxyl groups is 1. The first-order valence-corrected chi connectivity index (χ1v) is 4.63. The number of hydrogen-bond donors (Lipinski definition) is 2. The Morgan fingerprint density at radius 2 is 2.20 bits per heavy atom. The van der Waals surface area contributed by atoms with Crippen molar-refractivity contribution in [2.24, 2.45) is 5.73 Å². The van der Waals surface area contributed by atoms with E-state index in [0.717, 1.165) is 0 Å². The number of phenols is 1. The van der Waals surface area contributed by atoms with Crippen LogP contribution < -0.4 is 5.73 Å². The van der Waals surface area contributed by atoms with Crippen LogP contribution in [0.5, 0.6) is 5.75 Å². The Balaban J connectivity index is 2.15. The van der Waals surface area contributed by atoms with Crippen molar-refractivity contribution in [1.29, 1.82) is 0 Å². The van der Waals surface area contributed by atoms with Gasteiger partial charge in [-0.2, -0.15) is 5.10 Å². The molecule has 0 fully saturated rings. The minimum atomic E-state index is -0.284. The van der Waals surface area contributed by atoms with Gasteiger partial charge in [0.25, 0.3) is 0 Å². The summed E-state index contributed by atoms with van der Waals surface area (Å²) in [7, 11) is 0. The molecule has 0 saturated heterocycles. The number of nitrogens with two attached hydrogens (primary N) is 1. The maximum atomic E-state index is 9.58. The van der Waals surface area contributed by atoms with E-state index >= 15 is 0 Å². The Bertz CT molecular complexity index is 427. The van der Waals surface area contributed by atoms with Gasteiger partial charge in [-0.15, -0.1) is 0 Å². The second kappa shape index (κ2) is 4.10. The largest absolute Gasteiger partial charge is 0.508 e. The third kappa shape index (κ3) is 2.13. The van der Waals surface area contributed by atoms with Gasteiger partial charge in [0.2, 0.25) is 0 Å². The van der Waals surface area contributed by atoms with E-state index in [1.54, 1.807) is 29.2 Å². The van der Waals surface area contributed by atoms with Crippen molar-refractivity contribution in [1.82, 2.24) is 14.8 Å². The third-order valence-electron chi connectivity index (χ3n) is 2.19. The second-order valence-corrected chi connectivity index (χ2v) is 3.28. The van der Waals surface area contributed by atoms with E-state index < -0.39 is 0 Å². The monoisotopic (exact) mass is 204 g/mol. The molecule has 0 radical (unpaired) electrons. The molecule has 1 aromatic heterocycles. The topological polar surface area (TPSA) is 77.0 Å². The fraction of sp³-hybridized carbons (Fsp3) is 0.200. The molecule has 1 heterocycles. The standard InChI is InChI=1S/C10H12N4O/c11-9(5-14-7-12-6-13-14)8-3-1-2-4-10(8)15/h1-4,6-7,9,15H,5,11H2. The zero-order chi connectivity index (χ0) is 10.7. The lowest BCUT2D eigenvalue weighted by atomic mass is 10.1. The maximum Gasteiger partial charge on any atom is 0.137 e. The van der Waals surface area contributed by atoms with E-state index in [-0.39, 0.29) is 11.8 Å². The fourth-order valence-electron chi connectivity index (χ4n) is 1.43. The zero-order valence-electron chi connectivity index (χ0n) is 8.11. The minimum absolute atomic E-state index is 0.213. The van der Waals surface area contributed by atoms with Crippen LogP contribution in [0.1, 0.15) is 11.6 Å². The summed E-state index contributed by atoms with van der Waals surface area (Å²) in [6.45, 7) is 0.498. The summed E-state index contributed by atoms with van der Waals surface area (Å²) < 4.78 is 1.64. The van der Waals surface area contributed by atoms with Gasteiger partial charge in [0.1, 0.15) is 18.4 Å². The molecule has 5 heteroatoms. The molecular formula is C10H12N4O. The van der Waals surface area contributed by atoms with Crippen molar-refractivity contribution < 1.29 is 5.11 Å². The van der Waals surface area contributed by atoms with Crippen LogP contribution in [0.4, 0.5) is 0 Å². The predicted octanol–water partition coefficient (Wildman–Crippen LogP) is 0.684. The summed E-state index contributed by atoms with van der Waals surface area (Å²) in [6.07, 6.45) is 3.05. The van der Waals surface area contributed by atoms with Gasteiger partial charge in [0.15, 0.2) is 0 Å². The van der Waals surface area contributed by atoms with Crippen molar-refractivity contribution in [2.45, 2.75) is 12.6 Å². The lowest BCUT2D eigenvalue weighted by molar-refractivity contribution is 0.448. The first-order valence-electron chi connectivity index (χ1n) is 4.63. The number of phenolic OH excluding ortho intramolecular Hbond substituents is 1. The predicted molar refractivity (Wildman–Crippen MR) is 55.1 cm³/mol. The number of nitrogens with zero attached hydrogens (tertiary/aromatic N) is 3. The molecule has 5 nitrogen and oxygen atoms in total. The summed E-state index contributed by atoms with van der Waals surface area (Å²) in [4.78, 5) is 3.83. The van der Waals surface area contributed by atoms with Gasteiger partial charge >= 0.3 is 0 Å². The highest BCUT2D eigenvalue weighted by molar-refractivity contribution is 5.34. The average Bonchev–Trinajstić information content (AvgIpc) is 2.71. The van der Waals surface area contributed by atoms with Crippen LogP contribution in [0, 0.1) is 0 Å². The van der Waals surface area contributed by atoms with Crippen LogP contribution in [0.2, 0.25) is 0 Å². The first-order chi connectivity index (χ1) is 7.27. The van der Waals surface area contributed by atoms with E-state index in [1.165, 1.54) is 6.33 Å². The smallest absolute Gasteiger partial charge is 0.137 e. The van der Waals surface area contributed by atoms with Crippen molar-refractivity contribution in [2.75, 3.05) is 0 Å². The van der Waals surface area contributed by atoms with E-state index in [9.17, 15) is 5.11 Å². The van der Waals surface area contributed by atoms with E-state index in [1.807, 2.05) is 6.07 Å². The van der Waals surface area contributed by atoms with E-state index in [4.69, 9.17) is 5.73 Å². The summed E-state index contributed by atoms with van der Waals surface area (Å²) in [5.74, 6) is 0.213. The Morgan fingerprint density at radius 1 is 1.40 bits per heavy atom. The van der Waals surface area contributed by atoms with Gasteiger partial charge < -0.3 is 10.8 Å². The molecule has 78 valence electrons. The quantitative estimate of drug-likeness (QED) is 0.770. The third-order valence-corrected chi connectivity index (χ3v) is 2.19. The van der Waals surface area contributed by atoms with Crippen LogP contribution in [-0.2, 0) is 6.54 Å². The molecule has 2 aromatic rings. The lowest BCUT2D eigenvalue weighted by Gasteiger charge is -2.12. The molecule has 1 aromatic carbocycles. The summed E-state index contributed by atoms with van der Waals surface area (Å²) in [6, 6.07) is 6.75. The highest BCUT2D eigenvalue weighted by Crippen LogP contribution is 2.22. The molecule has 0 spiro atoms. The maximum absolute atomic E-state index is 9.58. The van der Waals surface area contributed by atoms with Crippen LogP contribution in [0.3, 0.4) is 0 Å². The van der Waals surface area contributed by atoms with Gasteiger partial charge in [-0.05, 0) is 6.07 Å². The number of para-hydroxylation sites is 1. The highest BCUT2D eigenvalue weighted by atomic mass is 16.3. The molecule has 0 amide bonds. The van der Waals surface area contributed by atoms with Crippen LogP contribution >= 0.6 is 0 Å². The summed E-state index contributed by atoms with van der Waals surface area (Å²) in [5, 5.41) is 13.5. The molecule has 1 atom stereocenters. The molecule has 0 saturated carbocycles. The number of aromatic nitrogens is 3. The molecular weight excluding hydrogens is 192 g/mol. The molecule has 2 rings (SSSR count). The number of rotatable bonds is 3. The van der Waals surface area contributed by atoms with Crippen molar-refractivity contribution in [3.63, 3.8) is 0 Å². The zero-order valence-corrected chi connectivity index (χ0v) is 8.11. The first kappa shape index (κ1) is 9.67. The number of benzene rings is 1. The molecule has 0 bridgehead atoms. The van der Waals surface area contributed by atoms with Crippen LogP contribution in [0.25, 0.3) is 0 Å². The molecule has 0 aliphatic rings. The summed E-state index contributed by atoms with van der Waals surface area (Å²) >= 11 is 0. The number of hydrogen-bond acceptors (Lipinski definition) is 4. The molecule has 0 aliphatic carbocycles. The fourth-order valence-corrected chi connectivity index (χ4v) is 1.43. The normalized spacial score (nSPS) is 12.6. The van der Waals surface area contributed by atoms with Gasteiger partial charge in [-0.3, -0.25) is 4.68 Å². The van der Waals surface area contributed by atoms with Gasteiger partial charge in [0, 0.05) is 5.56 Å². The Labute approximate surface area is 87.2 Å². The molecule has 15 heavy (non-hydrogen) atoms. The second-order valence-electron chi connectivity index (χ2n) is 3.28. The Morgan fingerprint density at radius 3 is 2.87 bits per heavy atom. The van der Waals surface area contributed by atoms with Crippen molar-refractivity contribution >= 4 is 0 Å². The molecule has 1 unspecified atom stereocenters. The van der Waals surface area contributed by atoms with Crippen molar-refractivity contribution in [3.05, 3.63) is 42.5 Å². The van der Waals surface area contributed by atoms with Gasteiger partial charge in [0.05, 0.1) is 12.6 Å². The van der Waals surface area contributed by atoms with E-state index in [2.05, 4.69) is 10.1 Å². The van der Waals surface area contributed by atoms with Gasteiger partial charge in [-0.25, -0.2) is 4.98 Å². The Kier molecular flexibility index (Phi) is 2.64. The minimum Gasteiger partial charge on any atom is -0.508 e. The Hall–Kier alpha value is -1.88. The van der Waals surface area contributed by atoms with E-state index in [0.29, 0.717) is 12.1 Å². The van der Waals surface area contributed by atoms with Crippen LogP contribution in [0.15, 0.2) is 36.9 Å². The van der Waals surface area contributed by atoms with Gasteiger partial charge in [-0.1, -0.05) is 18.2 Å². The summed E-state index contributed by atoms with van der Waals surface area (Å²) in [5.41, 5.74) is 6.65. The lowest BCUT2D eigenvalue weighted by Crippen LogP contribution is -2.18.